The monoisotopic (exact) mass is 289 g/mol. The molecule has 1 aliphatic rings. The molecule has 0 saturated carbocycles. The molecule has 0 amide bonds. The number of hydrogen-bond acceptors (Lipinski definition) is 4. The highest BCUT2D eigenvalue weighted by atomic mass is 19.4. The molecule has 0 radical (unpaired) electrons. The Hall–Kier alpha value is -2.30. The van der Waals surface area contributed by atoms with E-state index < -0.39 is 42.2 Å². The van der Waals surface area contributed by atoms with E-state index in [0.29, 0.717) is 6.07 Å². The topological polar surface area (TPSA) is 59.3 Å². The number of nitrogens with zero attached hydrogens (tertiary/aromatic N) is 1. The molecule has 20 heavy (non-hydrogen) atoms. The van der Waals surface area contributed by atoms with E-state index in [2.05, 4.69) is 4.74 Å². The molecule has 2 atom stereocenters. The van der Waals surface area contributed by atoms with Gasteiger partial charge >= 0.3 is 12.1 Å². The fourth-order valence-electron chi connectivity index (χ4n) is 1.68. The highest BCUT2D eigenvalue weighted by Crippen LogP contribution is 2.34. The number of halogens is 4. The SMILES string of the molecule is N#Cc1ccc(OC2C(=O)OCC2F)cc1C(F)(F)F. The first kappa shape index (κ1) is 14.1. The number of cyclic esters (lactones) is 1. The molecule has 8 heteroatoms. The molecule has 1 saturated heterocycles. The van der Waals surface area contributed by atoms with E-state index >= 15 is 0 Å². The number of alkyl halides is 4. The van der Waals surface area contributed by atoms with Crippen LogP contribution in [-0.4, -0.2) is 24.9 Å². The van der Waals surface area contributed by atoms with Gasteiger partial charge in [-0.2, -0.15) is 18.4 Å². The minimum atomic E-state index is -4.75. The van der Waals surface area contributed by atoms with Gasteiger partial charge in [0.25, 0.3) is 0 Å². The summed E-state index contributed by atoms with van der Waals surface area (Å²) in [7, 11) is 0. The number of ether oxygens (including phenoxy) is 2. The van der Waals surface area contributed by atoms with E-state index in [4.69, 9.17) is 10.00 Å². The van der Waals surface area contributed by atoms with E-state index in [1.807, 2.05) is 0 Å². The van der Waals surface area contributed by atoms with Crippen molar-refractivity contribution >= 4 is 5.97 Å². The van der Waals surface area contributed by atoms with Crippen LogP contribution in [-0.2, 0) is 15.7 Å². The third kappa shape index (κ3) is 2.66. The van der Waals surface area contributed by atoms with Crippen LogP contribution in [0.3, 0.4) is 0 Å². The number of esters is 1. The predicted octanol–water partition coefficient (Wildman–Crippen LogP) is 2.22. The average Bonchev–Trinajstić information content (AvgIpc) is 2.69. The van der Waals surface area contributed by atoms with Crippen LogP contribution in [0, 0.1) is 11.3 Å². The van der Waals surface area contributed by atoms with Gasteiger partial charge in [-0.3, -0.25) is 0 Å². The fourth-order valence-corrected chi connectivity index (χ4v) is 1.68. The minimum Gasteiger partial charge on any atom is -0.475 e. The molecule has 1 fully saturated rings. The highest BCUT2D eigenvalue weighted by molar-refractivity contribution is 5.78. The zero-order valence-corrected chi connectivity index (χ0v) is 9.78. The Balaban J connectivity index is 2.30. The Kier molecular flexibility index (Phi) is 3.53. The maximum atomic E-state index is 13.3. The van der Waals surface area contributed by atoms with Crippen LogP contribution in [0.1, 0.15) is 11.1 Å². The van der Waals surface area contributed by atoms with Gasteiger partial charge in [0.1, 0.15) is 12.4 Å². The van der Waals surface area contributed by atoms with Crippen LogP contribution in [0.2, 0.25) is 0 Å². The Bertz CT molecular complexity index is 579. The molecule has 4 nitrogen and oxygen atoms in total. The molecule has 2 rings (SSSR count). The first-order valence-corrected chi connectivity index (χ1v) is 5.41. The van der Waals surface area contributed by atoms with E-state index in [9.17, 15) is 22.4 Å². The van der Waals surface area contributed by atoms with E-state index in [-0.39, 0.29) is 5.75 Å². The van der Waals surface area contributed by atoms with Gasteiger partial charge in [0.2, 0.25) is 6.10 Å². The first-order valence-electron chi connectivity index (χ1n) is 5.41. The van der Waals surface area contributed by atoms with Crippen LogP contribution in [0.5, 0.6) is 5.75 Å². The zero-order valence-electron chi connectivity index (χ0n) is 9.78. The quantitative estimate of drug-likeness (QED) is 0.618. The maximum Gasteiger partial charge on any atom is 0.417 e. The predicted molar refractivity (Wildman–Crippen MR) is 56.4 cm³/mol. The molecule has 0 bridgehead atoms. The standard InChI is InChI=1S/C12H7F4NO3/c13-9-5-19-11(18)10(9)20-7-2-1-6(4-17)8(3-7)12(14,15)16/h1-3,9-10H,5H2. The molecule has 1 aromatic carbocycles. The molecule has 0 N–H and O–H groups in total. The summed E-state index contributed by atoms with van der Waals surface area (Å²) < 4.78 is 60.6. The molecular weight excluding hydrogens is 282 g/mol. The summed E-state index contributed by atoms with van der Waals surface area (Å²) in [6, 6.07) is 3.91. The first-order chi connectivity index (χ1) is 9.32. The van der Waals surface area contributed by atoms with Gasteiger partial charge in [0.15, 0.2) is 6.17 Å². The van der Waals surface area contributed by atoms with Gasteiger partial charge in [0.05, 0.1) is 17.2 Å². The smallest absolute Gasteiger partial charge is 0.417 e. The van der Waals surface area contributed by atoms with Crippen LogP contribution in [0.25, 0.3) is 0 Å². The Labute approximate surface area is 110 Å². The van der Waals surface area contributed by atoms with Crippen molar-refractivity contribution in [3.63, 3.8) is 0 Å². The van der Waals surface area contributed by atoms with E-state index in [1.165, 1.54) is 6.07 Å². The Morgan fingerprint density at radius 1 is 1.40 bits per heavy atom. The van der Waals surface area contributed by atoms with Crippen LogP contribution >= 0.6 is 0 Å². The van der Waals surface area contributed by atoms with E-state index in [1.54, 1.807) is 0 Å². The van der Waals surface area contributed by atoms with Gasteiger partial charge in [-0.15, -0.1) is 0 Å². The van der Waals surface area contributed by atoms with Crippen LogP contribution in [0.15, 0.2) is 18.2 Å². The average molecular weight is 289 g/mol. The lowest BCUT2D eigenvalue weighted by Crippen LogP contribution is -2.30. The second kappa shape index (κ2) is 5.00. The third-order valence-corrected chi connectivity index (χ3v) is 2.63. The Morgan fingerprint density at radius 2 is 2.10 bits per heavy atom. The maximum absolute atomic E-state index is 13.3. The normalized spacial score (nSPS) is 22.2. The van der Waals surface area contributed by atoms with Crippen molar-refractivity contribution in [3.05, 3.63) is 29.3 Å². The number of benzene rings is 1. The van der Waals surface area contributed by atoms with Crippen molar-refractivity contribution < 1.29 is 31.8 Å². The molecule has 106 valence electrons. The van der Waals surface area contributed by atoms with Gasteiger partial charge < -0.3 is 9.47 Å². The summed E-state index contributed by atoms with van der Waals surface area (Å²) in [5, 5.41) is 8.62. The number of nitriles is 1. The summed E-state index contributed by atoms with van der Waals surface area (Å²) in [6.07, 6.45) is -8.09. The zero-order chi connectivity index (χ0) is 14.9. The summed E-state index contributed by atoms with van der Waals surface area (Å²) in [4.78, 5) is 11.1. The van der Waals surface area contributed by atoms with Crippen molar-refractivity contribution in [2.75, 3.05) is 6.61 Å². The summed E-state index contributed by atoms with van der Waals surface area (Å²) >= 11 is 0. The van der Waals surface area contributed by atoms with Crippen molar-refractivity contribution in [2.45, 2.75) is 18.5 Å². The van der Waals surface area contributed by atoms with Crippen molar-refractivity contribution in [1.29, 1.82) is 5.26 Å². The van der Waals surface area contributed by atoms with Crippen molar-refractivity contribution in [1.82, 2.24) is 0 Å². The Morgan fingerprint density at radius 3 is 2.60 bits per heavy atom. The summed E-state index contributed by atoms with van der Waals surface area (Å²) in [5.74, 6) is -1.33. The molecule has 2 unspecified atom stereocenters. The van der Waals surface area contributed by atoms with Gasteiger partial charge in [0, 0.05) is 0 Å². The summed E-state index contributed by atoms with van der Waals surface area (Å²) in [5.41, 5.74) is -1.80. The number of carbonyl (C=O) groups excluding carboxylic acids is 1. The molecular formula is C12H7F4NO3. The fraction of sp³-hybridized carbons (Fsp3) is 0.333. The lowest BCUT2D eigenvalue weighted by atomic mass is 10.1. The second-order valence-electron chi connectivity index (χ2n) is 4.00. The van der Waals surface area contributed by atoms with Gasteiger partial charge in [-0.25, -0.2) is 9.18 Å². The third-order valence-electron chi connectivity index (χ3n) is 2.63. The van der Waals surface area contributed by atoms with Gasteiger partial charge in [-0.1, -0.05) is 0 Å². The molecule has 1 aliphatic heterocycles. The summed E-state index contributed by atoms with van der Waals surface area (Å²) in [6.45, 7) is -0.494. The molecule has 1 heterocycles. The minimum absolute atomic E-state index is 0.358. The number of hydrogen-bond donors (Lipinski definition) is 0. The van der Waals surface area contributed by atoms with Crippen molar-refractivity contribution in [3.8, 4) is 11.8 Å². The second-order valence-corrected chi connectivity index (χ2v) is 4.00. The largest absolute Gasteiger partial charge is 0.475 e. The highest BCUT2D eigenvalue weighted by Gasteiger charge is 2.40. The lowest BCUT2D eigenvalue weighted by molar-refractivity contribution is -0.143. The number of carbonyl (C=O) groups is 1. The van der Waals surface area contributed by atoms with Gasteiger partial charge in [-0.05, 0) is 18.2 Å². The van der Waals surface area contributed by atoms with Crippen LogP contribution in [0.4, 0.5) is 17.6 Å². The number of rotatable bonds is 2. The lowest BCUT2D eigenvalue weighted by Gasteiger charge is -2.14. The molecule has 0 aliphatic carbocycles. The van der Waals surface area contributed by atoms with E-state index in [0.717, 1.165) is 12.1 Å². The van der Waals surface area contributed by atoms with Crippen molar-refractivity contribution in [2.24, 2.45) is 0 Å². The van der Waals surface area contributed by atoms with Crippen LogP contribution < -0.4 is 4.74 Å². The molecule has 1 aromatic rings. The molecule has 0 spiro atoms. The molecule has 0 aromatic heterocycles.